The van der Waals surface area contributed by atoms with E-state index >= 15 is 0 Å². The molecule has 0 aromatic heterocycles. The van der Waals surface area contributed by atoms with E-state index in [1.54, 1.807) is 13.8 Å². The van der Waals surface area contributed by atoms with Crippen LogP contribution in [0.5, 0.6) is 0 Å². The van der Waals surface area contributed by atoms with Crippen molar-refractivity contribution in [3.8, 4) is 0 Å². The van der Waals surface area contributed by atoms with Gasteiger partial charge in [0.15, 0.2) is 0 Å². The summed E-state index contributed by atoms with van der Waals surface area (Å²) in [5.74, 6) is -1.48. The molecule has 2 unspecified atom stereocenters. The first-order valence-corrected chi connectivity index (χ1v) is 4.53. The Hall–Kier alpha value is -1.35. The van der Waals surface area contributed by atoms with Crippen LogP contribution < -0.4 is 5.73 Å². The Morgan fingerprint density at radius 3 is 2.36 bits per heavy atom. The molecule has 0 fully saturated rings. The molecule has 0 spiro atoms. The van der Waals surface area contributed by atoms with Gasteiger partial charge in [0.25, 0.3) is 0 Å². The Labute approximate surface area is 83.6 Å². The second-order valence-corrected chi connectivity index (χ2v) is 3.71. The lowest BCUT2D eigenvalue weighted by Crippen LogP contribution is -2.43. The predicted octanol–water partition coefficient (Wildman–Crippen LogP) is 1.58. The molecule has 0 saturated carbocycles. The van der Waals surface area contributed by atoms with Gasteiger partial charge in [0, 0.05) is 0 Å². The van der Waals surface area contributed by atoms with Crippen molar-refractivity contribution in [3.05, 3.63) is 35.9 Å². The standard InChI is InChI=1S/C11H15NO2/c1-8(10(13)14)11(2,12)9-6-4-3-5-7-9/h3-8H,12H2,1-2H3,(H,13,14). The summed E-state index contributed by atoms with van der Waals surface area (Å²) in [6, 6.07) is 9.29. The van der Waals surface area contributed by atoms with Crippen LogP contribution in [-0.2, 0) is 10.3 Å². The number of carbonyl (C=O) groups is 1. The van der Waals surface area contributed by atoms with Crippen LogP contribution in [0.15, 0.2) is 30.3 Å². The lowest BCUT2D eigenvalue weighted by Gasteiger charge is -2.29. The lowest BCUT2D eigenvalue weighted by molar-refractivity contribution is -0.143. The van der Waals surface area contributed by atoms with E-state index in [0.29, 0.717) is 0 Å². The van der Waals surface area contributed by atoms with Crippen molar-refractivity contribution in [1.82, 2.24) is 0 Å². The van der Waals surface area contributed by atoms with Gasteiger partial charge in [0.2, 0.25) is 0 Å². The summed E-state index contributed by atoms with van der Waals surface area (Å²) in [6.07, 6.45) is 0. The molecule has 0 saturated heterocycles. The molecule has 3 nitrogen and oxygen atoms in total. The van der Waals surface area contributed by atoms with E-state index in [0.717, 1.165) is 5.56 Å². The fraction of sp³-hybridized carbons (Fsp3) is 0.364. The van der Waals surface area contributed by atoms with Crippen molar-refractivity contribution in [1.29, 1.82) is 0 Å². The summed E-state index contributed by atoms with van der Waals surface area (Å²) in [5.41, 5.74) is 6.02. The van der Waals surface area contributed by atoms with Crippen molar-refractivity contribution in [2.75, 3.05) is 0 Å². The first kappa shape index (κ1) is 10.7. The number of carboxylic acids is 1. The Morgan fingerprint density at radius 2 is 1.93 bits per heavy atom. The van der Waals surface area contributed by atoms with Crippen molar-refractivity contribution < 1.29 is 9.90 Å². The summed E-state index contributed by atoms with van der Waals surface area (Å²) >= 11 is 0. The zero-order valence-electron chi connectivity index (χ0n) is 8.40. The van der Waals surface area contributed by atoms with Gasteiger partial charge in [-0.05, 0) is 19.4 Å². The van der Waals surface area contributed by atoms with Gasteiger partial charge in [-0.2, -0.15) is 0 Å². The maximum absolute atomic E-state index is 10.8. The first-order valence-electron chi connectivity index (χ1n) is 4.53. The van der Waals surface area contributed by atoms with Crippen LogP contribution >= 0.6 is 0 Å². The van der Waals surface area contributed by atoms with Crippen LogP contribution in [0.25, 0.3) is 0 Å². The third-order valence-electron chi connectivity index (χ3n) is 2.67. The van der Waals surface area contributed by atoms with Crippen LogP contribution in [0.1, 0.15) is 19.4 Å². The van der Waals surface area contributed by atoms with Crippen LogP contribution in [-0.4, -0.2) is 11.1 Å². The number of hydrogen-bond donors (Lipinski definition) is 2. The minimum atomic E-state index is -0.876. The van der Waals surface area contributed by atoms with Gasteiger partial charge in [-0.1, -0.05) is 30.3 Å². The zero-order chi connectivity index (χ0) is 10.8. The highest BCUT2D eigenvalue weighted by Gasteiger charge is 2.33. The highest BCUT2D eigenvalue weighted by atomic mass is 16.4. The SMILES string of the molecule is CC(C(=O)O)C(C)(N)c1ccccc1. The molecule has 0 heterocycles. The minimum Gasteiger partial charge on any atom is -0.481 e. The fourth-order valence-corrected chi connectivity index (χ4v) is 1.30. The van der Waals surface area contributed by atoms with Gasteiger partial charge < -0.3 is 10.8 Å². The van der Waals surface area contributed by atoms with Gasteiger partial charge in [0.05, 0.1) is 11.5 Å². The molecule has 14 heavy (non-hydrogen) atoms. The van der Waals surface area contributed by atoms with Gasteiger partial charge >= 0.3 is 5.97 Å². The van der Waals surface area contributed by atoms with Crippen molar-refractivity contribution in [2.24, 2.45) is 11.7 Å². The van der Waals surface area contributed by atoms with Gasteiger partial charge in [0.1, 0.15) is 0 Å². The highest BCUT2D eigenvalue weighted by Crippen LogP contribution is 2.26. The predicted molar refractivity (Wildman–Crippen MR) is 54.8 cm³/mol. The Bertz CT molecular complexity index is 319. The zero-order valence-corrected chi connectivity index (χ0v) is 8.40. The topological polar surface area (TPSA) is 63.3 Å². The molecule has 3 N–H and O–H groups in total. The summed E-state index contributed by atoms with van der Waals surface area (Å²) < 4.78 is 0. The highest BCUT2D eigenvalue weighted by molar-refractivity contribution is 5.71. The van der Waals surface area contributed by atoms with E-state index in [1.165, 1.54) is 0 Å². The van der Waals surface area contributed by atoms with Gasteiger partial charge in [-0.15, -0.1) is 0 Å². The van der Waals surface area contributed by atoms with Gasteiger partial charge in [-0.3, -0.25) is 4.79 Å². The largest absolute Gasteiger partial charge is 0.481 e. The van der Waals surface area contributed by atoms with E-state index < -0.39 is 17.4 Å². The molecule has 76 valence electrons. The maximum atomic E-state index is 10.8. The van der Waals surface area contributed by atoms with Crippen LogP contribution in [0.3, 0.4) is 0 Å². The van der Waals surface area contributed by atoms with E-state index in [4.69, 9.17) is 10.8 Å². The minimum absolute atomic E-state index is 0.607. The molecule has 0 amide bonds. The summed E-state index contributed by atoms with van der Waals surface area (Å²) in [4.78, 5) is 10.8. The molecule has 0 aliphatic carbocycles. The average molecular weight is 193 g/mol. The first-order chi connectivity index (χ1) is 6.46. The van der Waals surface area contributed by atoms with Crippen LogP contribution in [0, 0.1) is 5.92 Å². The molecule has 0 radical (unpaired) electrons. The molecule has 0 aliphatic heterocycles. The van der Waals surface area contributed by atoms with E-state index in [2.05, 4.69) is 0 Å². The Balaban J connectivity index is 3.02. The van der Waals surface area contributed by atoms with E-state index in [9.17, 15) is 4.79 Å². The average Bonchev–Trinajstić information content (AvgIpc) is 2.18. The molecule has 1 aromatic rings. The number of carboxylic acid groups (broad SMARTS) is 1. The second-order valence-electron chi connectivity index (χ2n) is 3.71. The normalized spacial score (nSPS) is 17.1. The molecular weight excluding hydrogens is 178 g/mol. The monoisotopic (exact) mass is 193 g/mol. The Morgan fingerprint density at radius 1 is 1.43 bits per heavy atom. The maximum Gasteiger partial charge on any atom is 0.308 e. The lowest BCUT2D eigenvalue weighted by atomic mass is 9.82. The molecule has 1 aromatic carbocycles. The quantitative estimate of drug-likeness (QED) is 0.766. The van der Waals surface area contributed by atoms with E-state index in [-0.39, 0.29) is 0 Å². The summed E-state index contributed by atoms with van der Waals surface area (Å²) in [6.45, 7) is 3.36. The molecule has 2 atom stereocenters. The van der Waals surface area contributed by atoms with E-state index in [1.807, 2.05) is 30.3 Å². The molecule has 3 heteroatoms. The second kappa shape index (κ2) is 3.80. The molecular formula is C11H15NO2. The van der Waals surface area contributed by atoms with Crippen LogP contribution in [0.4, 0.5) is 0 Å². The number of hydrogen-bond acceptors (Lipinski definition) is 2. The number of benzene rings is 1. The summed E-state index contributed by atoms with van der Waals surface area (Å²) in [5, 5.41) is 8.90. The van der Waals surface area contributed by atoms with Crippen molar-refractivity contribution >= 4 is 5.97 Å². The van der Waals surface area contributed by atoms with Crippen LogP contribution in [0.2, 0.25) is 0 Å². The van der Waals surface area contributed by atoms with Gasteiger partial charge in [-0.25, -0.2) is 0 Å². The third kappa shape index (κ3) is 1.93. The summed E-state index contributed by atoms with van der Waals surface area (Å²) in [7, 11) is 0. The Kier molecular flexibility index (Phi) is 2.91. The van der Waals surface area contributed by atoms with Crippen molar-refractivity contribution in [3.63, 3.8) is 0 Å². The number of aliphatic carboxylic acids is 1. The smallest absolute Gasteiger partial charge is 0.308 e. The molecule has 0 aliphatic rings. The number of nitrogens with two attached hydrogens (primary N) is 1. The van der Waals surface area contributed by atoms with Crippen molar-refractivity contribution in [2.45, 2.75) is 19.4 Å². The molecule has 0 bridgehead atoms. The fourth-order valence-electron chi connectivity index (χ4n) is 1.30. The third-order valence-corrected chi connectivity index (χ3v) is 2.67. The number of rotatable bonds is 3. The molecule has 1 rings (SSSR count).